The van der Waals surface area contributed by atoms with Crippen LogP contribution >= 0.6 is 11.8 Å². The molecule has 0 spiro atoms. The first-order valence-corrected chi connectivity index (χ1v) is 6.74. The van der Waals surface area contributed by atoms with E-state index in [2.05, 4.69) is 5.32 Å². The summed E-state index contributed by atoms with van der Waals surface area (Å²) in [7, 11) is 1.40. The lowest BCUT2D eigenvalue weighted by Gasteiger charge is -2.40. The van der Waals surface area contributed by atoms with Gasteiger partial charge in [-0.3, -0.25) is 19.8 Å². The van der Waals surface area contributed by atoms with E-state index in [4.69, 9.17) is 0 Å². The van der Waals surface area contributed by atoms with E-state index in [9.17, 15) is 14.4 Å². The highest BCUT2D eigenvalue weighted by atomic mass is 32.2. The van der Waals surface area contributed by atoms with Gasteiger partial charge in [-0.1, -0.05) is 20.8 Å². The lowest BCUT2D eigenvalue weighted by Crippen LogP contribution is -2.65. The van der Waals surface area contributed by atoms with Gasteiger partial charge in [0.05, 0.1) is 0 Å². The van der Waals surface area contributed by atoms with Crippen molar-refractivity contribution in [1.29, 1.82) is 0 Å². The van der Waals surface area contributed by atoms with Crippen LogP contribution in [0.5, 0.6) is 0 Å². The van der Waals surface area contributed by atoms with Gasteiger partial charge in [0.25, 0.3) is 0 Å². The van der Waals surface area contributed by atoms with Crippen molar-refractivity contribution < 1.29 is 14.4 Å². The molecule has 0 saturated carbocycles. The van der Waals surface area contributed by atoms with Crippen LogP contribution < -0.4 is 5.32 Å². The van der Waals surface area contributed by atoms with Crippen molar-refractivity contribution in [2.24, 2.45) is 11.3 Å². The van der Waals surface area contributed by atoms with Crippen LogP contribution in [0.15, 0.2) is 0 Å². The minimum Gasteiger partial charge on any atom is -0.277 e. The fourth-order valence-electron chi connectivity index (χ4n) is 1.85. The minimum atomic E-state index is -1.12. The molecule has 6 heteroatoms. The zero-order valence-electron chi connectivity index (χ0n) is 10.6. The largest absolute Gasteiger partial charge is 0.330 e. The molecule has 1 unspecified atom stereocenters. The average molecular weight is 258 g/mol. The van der Waals surface area contributed by atoms with Crippen molar-refractivity contribution in [3.63, 3.8) is 0 Å². The van der Waals surface area contributed by atoms with E-state index in [-0.39, 0.29) is 5.92 Å². The van der Waals surface area contributed by atoms with Gasteiger partial charge < -0.3 is 0 Å². The van der Waals surface area contributed by atoms with Crippen LogP contribution in [-0.4, -0.2) is 41.3 Å². The first kappa shape index (κ1) is 14.0. The zero-order chi connectivity index (χ0) is 13.2. The van der Waals surface area contributed by atoms with Crippen LogP contribution in [0.4, 0.5) is 4.79 Å². The molecule has 0 aromatic rings. The minimum absolute atomic E-state index is 0.149. The number of rotatable bonds is 4. The standard InChI is InChI=1S/C11H18N2O3S/c1-5-17-6-11(7(2)3)8(14)12-10(16)13(4)9(11)15/h7H,5-6H2,1-4H3,(H,12,14,16). The first-order valence-electron chi connectivity index (χ1n) is 5.59. The third-order valence-corrected chi connectivity index (χ3v) is 4.20. The number of nitrogens with zero attached hydrogens (tertiary/aromatic N) is 1. The summed E-state index contributed by atoms with van der Waals surface area (Å²) < 4.78 is 0. The van der Waals surface area contributed by atoms with E-state index in [1.807, 2.05) is 20.8 Å². The maximum atomic E-state index is 12.2. The molecule has 4 amide bonds. The topological polar surface area (TPSA) is 66.5 Å². The number of imide groups is 2. The van der Waals surface area contributed by atoms with Crippen molar-refractivity contribution >= 4 is 29.6 Å². The summed E-state index contributed by atoms with van der Waals surface area (Å²) in [6, 6.07) is -0.641. The fraction of sp³-hybridized carbons (Fsp3) is 0.727. The van der Waals surface area contributed by atoms with Crippen LogP contribution in [0.1, 0.15) is 20.8 Å². The Labute approximate surface area is 105 Å². The summed E-state index contributed by atoms with van der Waals surface area (Å²) in [5, 5.41) is 2.25. The maximum absolute atomic E-state index is 12.2. The van der Waals surface area contributed by atoms with E-state index in [1.54, 1.807) is 0 Å². The van der Waals surface area contributed by atoms with Crippen molar-refractivity contribution in [2.75, 3.05) is 18.6 Å². The molecule has 0 aromatic heterocycles. The Morgan fingerprint density at radius 1 is 1.35 bits per heavy atom. The fourth-order valence-corrected chi connectivity index (χ4v) is 2.96. The number of barbiturate groups is 1. The van der Waals surface area contributed by atoms with Gasteiger partial charge in [0, 0.05) is 12.8 Å². The molecule has 5 nitrogen and oxygen atoms in total. The number of carbonyl (C=O) groups is 3. The highest BCUT2D eigenvalue weighted by Crippen LogP contribution is 2.36. The van der Waals surface area contributed by atoms with E-state index >= 15 is 0 Å². The summed E-state index contributed by atoms with van der Waals surface area (Å²) in [5.41, 5.74) is -1.12. The van der Waals surface area contributed by atoms with E-state index in [0.717, 1.165) is 10.7 Å². The van der Waals surface area contributed by atoms with Gasteiger partial charge in [-0.05, 0) is 11.7 Å². The monoisotopic (exact) mass is 258 g/mol. The Kier molecular flexibility index (Phi) is 4.19. The Balaban J connectivity index is 3.13. The third kappa shape index (κ3) is 2.18. The van der Waals surface area contributed by atoms with Crippen molar-refractivity contribution in [3.05, 3.63) is 0 Å². The number of thioether (sulfide) groups is 1. The van der Waals surface area contributed by atoms with Crippen LogP contribution in [0.2, 0.25) is 0 Å². The zero-order valence-corrected chi connectivity index (χ0v) is 11.4. The van der Waals surface area contributed by atoms with Crippen LogP contribution in [-0.2, 0) is 9.59 Å². The quantitative estimate of drug-likeness (QED) is 0.767. The summed E-state index contributed by atoms with van der Waals surface area (Å²) in [4.78, 5) is 36.6. The number of amides is 4. The van der Waals surface area contributed by atoms with Gasteiger partial charge in [0.15, 0.2) is 0 Å². The van der Waals surface area contributed by atoms with E-state index in [1.165, 1.54) is 18.8 Å². The van der Waals surface area contributed by atoms with E-state index in [0.29, 0.717) is 5.75 Å². The average Bonchev–Trinajstić information content (AvgIpc) is 2.26. The van der Waals surface area contributed by atoms with Gasteiger partial charge in [-0.25, -0.2) is 4.79 Å². The van der Waals surface area contributed by atoms with Crippen LogP contribution in [0.25, 0.3) is 0 Å². The Morgan fingerprint density at radius 2 is 1.94 bits per heavy atom. The normalized spacial score (nSPS) is 25.5. The van der Waals surface area contributed by atoms with Crippen molar-refractivity contribution in [3.8, 4) is 0 Å². The number of nitrogens with one attached hydrogen (secondary N) is 1. The highest BCUT2D eigenvalue weighted by molar-refractivity contribution is 7.99. The van der Waals surface area contributed by atoms with Crippen LogP contribution in [0, 0.1) is 11.3 Å². The first-order chi connectivity index (χ1) is 7.87. The molecule has 1 aliphatic rings. The molecule has 1 saturated heterocycles. The molecule has 0 aromatic carbocycles. The van der Waals surface area contributed by atoms with Crippen molar-refractivity contribution in [2.45, 2.75) is 20.8 Å². The summed E-state index contributed by atoms with van der Waals surface area (Å²) in [6.45, 7) is 5.63. The molecular weight excluding hydrogens is 240 g/mol. The van der Waals surface area contributed by atoms with Gasteiger partial charge in [0.2, 0.25) is 11.8 Å². The molecule has 0 bridgehead atoms. The Hall–Kier alpha value is -1.04. The second-order valence-corrected chi connectivity index (χ2v) is 5.66. The molecule has 0 aliphatic carbocycles. The molecule has 0 radical (unpaired) electrons. The number of hydrogen-bond donors (Lipinski definition) is 1. The van der Waals surface area contributed by atoms with E-state index < -0.39 is 23.3 Å². The number of carbonyl (C=O) groups excluding carboxylic acids is 3. The predicted molar refractivity (Wildman–Crippen MR) is 66.6 cm³/mol. The molecule has 17 heavy (non-hydrogen) atoms. The Morgan fingerprint density at radius 3 is 2.41 bits per heavy atom. The molecule has 1 aliphatic heterocycles. The second-order valence-electron chi connectivity index (χ2n) is 4.39. The third-order valence-electron chi connectivity index (χ3n) is 3.14. The van der Waals surface area contributed by atoms with Gasteiger partial charge in [-0.15, -0.1) is 0 Å². The summed E-state index contributed by atoms with van der Waals surface area (Å²) in [5.74, 6) is 0.212. The van der Waals surface area contributed by atoms with Gasteiger partial charge in [-0.2, -0.15) is 11.8 Å². The summed E-state index contributed by atoms with van der Waals surface area (Å²) in [6.07, 6.45) is 0. The number of hydrogen-bond acceptors (Lipinski definition) is 4. The lowest BCUT2D eigenvalue weighted by molar-refractivity contribution is -0.151. The molecule has 1 rings (SSSR count). The molecule has 1 N–H and O–H groups in total. The predicted octanol–water partition coefficient (Wildman–Crippen LogP) is 1.09. The Bertz CT molecular complexity index is 357. The smallest absolute Gasteiger partial charge is 0.277 e. The second kappa shape index (κ2) is 5.08. The van der Waals surface area contributed by atoms with Crippen LogP contribution in [0.3, 0.4) is 0 Å². The molecule has 1 atom stereocenters. The lowest BCUT2D eigenvalue weighted by atomic mass is 9.75. The number of urea groups is 1. The summed E-state index contributed by atoms with van der Waals surface area (Å²) >= 11 is 1.53. The molecular formula is C11H18N2O3S. The molecule has 1 fully saturated rings. The highest BCUT2D eigenvalue weighted by Gasteiger charge is 2.54. The van der Waals surface area contributed by atoms with Crippen molar-refractivity contribution in [1.82, 2.24) is 10.2 Å². The van der Waals surface area contributed by atoms with Gasteiger partial charge >= 0.3 is 6.03 Å². The maximum Gasteiger partial charge on any atom is 0.330 e. The molecule has 96 valence electrons. The van der Waals surface area contributed by atoms with Gasteiger partial charge in [0.1, 0.15) is 5.41 Å². The molecule has 1 heterocycles. The SMILES string of the molecule is CCSCC1(C(C)C)C(=O)NC(=O)N(C)C1=O.